The summed E-state index contributed by atoms with van der Waals surface area (Å²) in [4.78, 5) is 4.60. The summed E-state index contributed by atoms with van der Waals surface area (Å²) < 4.78 is 5.42. The van der Waals surface area contributed by atoms with E-state index in [9.17, 15) is 5.11 Å². The smallest absolute Gasteiger partial charge is 0.227 e. The lowest BCUT2D eigenvalue weighted by Gasteiger charge is -2.26. The van der Waals surface area contributed by atoms with Gasteiger partial charge < -0.3 is 9.63 Å². The number of nitrogens with zero attached hydrogens (tertiary/aromatic N) is 2. The van der Waals surface area contributed by atoms with Crippen molar-refractivity contribution in [1.82, 2.24) is 10.1 Å². The number of hydrogen-bond donors (Lipinski definition) is 1. The Hall–Kier alpha value is -0.900. The van der Waals surface area contributed by atoms with Gasteiger partial charge in [-0.3, -0.25) is 0 Å². The van der Waals surface area contributed by atoms with Crippen molar-refractivity contribution in [3.63, 3.8) is 0 Å². The highest BCUT2D eigenvalue weighted by Gasteiger charge is 2.27. The van der Waals surface area contributed by atoms with Gasteiger partial charge in [0.05, 0.1) is 6.10 Å². The first-order valence-electron chi connectivity index (χ1n) is 8.23. The molecule has 112 valence electrons. The SMILES string of the molecule is CC1CCC(c2noc(CC3CCCCC3O)n2)CC1. The number of hydrogen-bond acceptors (Lipinski definition) is 4. The van der Waals surface area contributed by atoms with E-state index in [1.165, 1.54) is 32.1 Å². The Morgan fingerprint density at radius 3 is 2.60 bits per heavy atom. The van der Waals surface area contributed by atoms with Crippen LogP contribution in [0.4, 0.5) is 0 Å². The number of aliphatic hydroxyl groups excluding tert-OH is 1. The Balaban J connectivity index is 1.59. The Morgan fingerprint density at radius 1 is 1.10 bits per heavy atom. The van der Waals surface area contributed by atoms with E-state index in [2.05, 4.69) is 17.1 Å². The molecule has 1 aromatic heterocycles. The molecule has 0 bridgehead atoms. The van der Waals surface area contributed by atoms with Crippen molar-refractivity contribution in [2.75, 3.05) is 0 Å². The fraction of sp³-hybridized carbons (Fsp3) is 0.875. The third kappa shape index (κ3) is 3.22. The molecule has 1 aromatic rings. The lowest BCUT2D eigenvalue weighted by Crippen LogP contribution is -2.26. The summed E-state index contributed by atoms with van der Waals surface area (Å²) in [6.07, 6.45) is 9.85. The molecule has 3 rings (SSSR count). The first kappa shape index (κ1) is 14.1. The summed E-state index contributed by atoms with van der Waals surface area (Å²) >= 11 is 0. The van der Waals surface area contributed by atoms with Crippen LogP contribution >= 0.6 is 0 Å². The van der Waals surface area contributed by atoms with Crippen LogP contribution in [0.25, 0.3) is 0 Å². The van der Waals surface area contributed by atoms with Crippen LogP contribution in [0.5, 0.6) is 0 Å². The molecule has 0 saturated heterocycles. The summed E-state index contributed by atoms with van der Waals surface area (Å²) in [6.45, 7) is 2.32. The quantitative estimate of drug-likeness (QED) is 0.920. The molecule has 2 atom stereocenters. The van der Waals surface area contributed by atoms with Gasteiger partial charge >= 0.3 is 0 Å². The maximum atomic E-state index is 10.0. The summed E-state index contributed by atoms with van der Waals surface area (Å²) in [5.41, 5.74) is 0. The first-order chi connectivity index (χ1) is 9.72. The van der Waals surface area contributed by atoms with Crippen molar-refractivity contribution >= 4 is 0 Å². The highest BCUT2D eigenvalue weighted by Crippen LogP contribution is 2.34. The van der Waals surface area contributed by atoms with E-state index in [-0.39, 0.29) is 6.10 Å². The zero-order valence-corrected chi connectivity index (χ0v) is 12.4. The molecular formula is C16H26N2O2. The summed E-state index contributed by atoms with van der Waals surface area (Å²) in [5, 5.41) is 14.2. The Kier molecular flexibility index (Phi) is 4.39. The minimum Gasteiger partial charge on any atom is -0.393 e. The van der Waals surface area contributed by atoms with E-state index < -0.39 is 0 Å². The van der Waals surface area contributed by atoms with Crippen molar-refractivity contribution in [1.29, 1.82) is 0 Å². The predicted molar refractivity (Wildman–Crippen MR) is 76.3 cm³/mol. The molecule has 2 unspecified atom stereocenters. The lowest BCUT2D eigenvalue weighted by molar-refractivity contribution is 0.0657. The maximum Gasteiger partial charge on any atom is 0.227 e. The van der Waals surface area contributed by atoms with Crippen LogP contribution < -0.4 is 0 Å². The molecule has 2 aliphatic carbocycles. The molecular weight excluding hydrogens is 252 g/mol. The van der Waals surface area contributed by atoms with Crippen LogP contribution in [0.3, 0.4) is 0 Å². The van der Waals surface area contributed by atoms with Crippen molar-refractivity contribution in [3.8, 4) is 0 Å². The van der Waals surface area contributed by atoms with E-state index in [0.29, 0.717) is 11.8 Å². The molecule has 20 heavy (non-hydrogen) atoms. The second-order valence-corrected chi connectivity index (χ2v) is 6.82. The molecule has 2 fully saturated rings. The van der Waals surface area contributed by atoms with Crippen LogP contribution in [0, 0.1) is 11.8 Å². The third-order valence-electron chi connectivity index (χ3n) is 5.17. The molecule has 4 nitrogen and oxygen atoms in total. The molecule has 1 heterocycles. The van der Waals surface area contributed by atoms with Gasteiger partial charge in [-0.2, -0.15) is 4.98 Å². The monoisotopic (exact) mass is 278 g/mol. The normalized spacial score (nSPS) is 35.1. The van der Waals surface area contributed by atoms with Gasteiger partial charge in [0, 0.05) is 12.3 Å². The molecule has 2 saturated carbocycles. The second kappa shape index (κ2) is 6.25. The standard InChI is InChI=1S/C16H26N2O2/c1-11-6-8-12(9-7-11)16-17-15(20-18-16)10-13-4-2-3-5-14(13)19/h11-14,19H,2-10H2,1H3. The average molecular weight is 278 g/mol. The Labute approximate surface area is 121 Å². The lowest BCUT2D eigenvalue weighted by atomic mass is 9.82. The highest BCUT2D eigenvalue weighted by molar-refractivity contribution is 4.98. The van der Waals surface area contributed by atoms with Gasteiger partial charge in [0.25, 0.3) is 0 Å². The predicted octanol–water partition coefficient (Wildman–Crippen LogP) is 3.46. The molecule has 0 aromatic carbocycles. The van der Waals surface area contributed by atoms with Gasteiger partial charge in [-0.1, -0.05) is 37.8 Å². The molecule has 2 aliphatic rings. The van der Waals surface area contributed by atoms with Crippen molar-refractivity contribution < 1.29 is 9.63 Å². The zero-order valence-electron chi connectivity index (χ0n) is 12.4. The van der Waals surface area contributed by atoms with Crippen molar-refractivity contribution in [2.45, 2.75) is 76.7 Å². The molecule has 0 radical (unpaired) electrons. The fourth-order valence-corrected chi connectivity index (χ4v) is 3.69. The molecule has 0 aliphatic heterocycles. The van der Waals surface area contributed by atoms with Crippen LogP contribution in [0.2, 0.25) is 0 Å². The zero-order chi connectivity index (χ0) is 13.9. The van der Waals surface area contributed by atoms with Gasteiger partial charge in [0.2, 0.25) is 5.89 Å². The number of rotatable bonds is 3. The average Bonchev–Trinajstić information content (AvgIpc) is 2.91. The summed E-state index contributed by atoms with van der Waals surface area (Å²) in [7, 11) is 0. The molecule has 4 heteroatoms. The molecule has 0 spiro atoms. The van der Waals surface area contributed by atoms with Crippen molar-refractivity contribution in [3.05, 3.63) is 11.7 Å². The fourth-order valence-electron chi connectivity index (χ4n) is 3.69. The van der Waals surface area contributed by atoms with Gasteiger partial charge in [-0.05, 0) is 37.5 Å². The topological polar surface area (TPSA) is 59.2 Å². The van der Waals surface area contributed by atoms with Crippen LogP contribution in [0.1, 0.15) is 75.9 Å². The third-order valence-corrected chi connectivity index (χ3v) is 5.17. The molecule has 0 amide bonds. The summed E-state index contributed by atoms with van der Waals surface area (Å²) in [6, 6.07) is 0. The Morgan fingerprint density at radius 2 is 1.85 bits per heavy atom. The van der Waals surface area contributed by atoms with Crippen LogP contribution in [-0.4, -0.2) is 21.4 Å². The van der Waals surface area contributed by atoms with Crippen LogP contribution in [0.15, 0.2) is 4.52 Å². The van der Waals surface area contributed by atoms with E-state index in [1.54, 1.807) is 0 Å². The minimum atomic E-state index is -0.186. The van der Waals surface area contributed by atoms with Gasteiger partial charge in [0.1, 0.15) is 0 Å². The largest absolute Gasteiger partial charge is 0.393 e. The van der Waals surface area contributed by atoms with Gasteiger partial charge in [0.15, 0.2) is 5.82 Å². The first-order valence-corrected chi connectivity index (χ1v) is 8.23. The van der Waals surface area contributed by atoms with Gasteiger partial charge in [-0.15, -0.1) is 0 Å². The van der Waals surface area contributed by atoms with Crippen molar-refractivity contribution in [2.24, 2.45) is 11.8 Å². The molecule has 1 N–H and O–H groups in total. The highest BCUT2D eigenvalue weighted by atomic mass is 16.5. The Bertz CT molecular complexity index is 424. The van der Waals surface area contributed by atoms with E-state index in [4.69, 9.17) is 4.52 Å². The van der Waals surface area contributed by atoms with Gasteiger partial charge in [-0.25, -0.2) is 0 Å². The minimum absolute atomic E-state index is 0.186. The van der Waals surface area contributed by atoms with E-state index >= 15 is 0 Å². The number of aliphatic hydroxyl groups is 1. The number of aromatic nitrogens is 2. The maximum absolute atomic E-state index is 10.0. The summed E-state index contributed by atoms with van der Waals surface area (Å²) in [5.74, 6) is 3.26. The second-order valence-electron chi connectivity index (χ2n) is 6.82. The van der Waals surface area contributed by atoms with Crippen LogP contribution in [-0.2, 0) is 6.42 Å². The van der Waals surface area contributed by atoms with E-state index in [0.717, 1.165) is 43.3 Å². The van der Waals surface area contributed by atoms with E-state index in [1.807, 2.05) is 0 Å².